The molecular formula is C11H11N3O4S. The topological polar surface area (TPSA) is 112 Å². The van der Waals surface area contributed by atoms with Crippen molar-refractivity contribution < 1.29 is 18.3 Å². The van der Waals surface area contributed by atoms with Gasteiger partial charge in [0.1, 0.15) is 0 Å². The number of aromatic carboxylic acids is 1. The zero-order chi connectivity index (χ0) is 14.0. The Kier molecular flexibility index (Phi) is 3.26. The molecule has 0 spiro atoms. The van der Waals surface area contributed by atoms with Gasteiger partial charge in [-0.2, -0.15) is 13.5 Å². The fourth-order valence-corrected chi connectivity index (χ4v) is 2.53. The Bertz CT molecular complexity index is 708. The molecule has 0 saturated heterocycles. The molecule has 2 aromatic rings. The maximum Gasteiger partial charge on any atom is 0.335 e. The molecule has 0 aliphatic carbocycles. The first-order chi connectivity index (χ1) is 8.90. The summed E-state index contributed by atoms with van der Waals surface area (Å²) in [6.45, 7) is 1.59. The van der Waals surface area contributed by atoms with Gasteiger partial charge < -0.3 is 5.11 Å². The smallest absolute Gasteiger partial charge is 0.335 e. The van der Waals surface area contributed by atoms with Gasteiger partial charge >= 0.3 is 5.97 Å². The number of hydrogen-bond donors (Lipinski definition) is 3. The molecule has 0 amide bonds. The zero-order valence-corrected chi connectivity index (χ0v) is 10.7. The summed E-state index contributed by atoms with van der Waals surface area (Å²) in [4.78, 5) is 10.9. The first-order valence-electron chi connectivity index (χ1n) is 5.26. The lowest BCUT2D eigenvalue weighted by atomic mass is 10.1. The minimum absolute atomic E-state index is 0.0625. The second kappa shape index (κ2) is 4.73. The van der Waals surface area contributed by atoms with Gasteiger partial charge in [-0.1, -0.05) is 0 Å². The van der Waals surface area contributed by atoms with Crippen LogP contribution in [0.4, 0.5) is 5.69 Å². The molecular weight excluding hydrogens is 270 g/mol. The highest BCUT2D eigenvalue weighted by Crippen LogP contribution is 2.18. The van der Waals surface area contributed by atoms with E-state index in [1.165, 1.54) is 30.5 Å². The lowest BCUT2D eigenvalue weighted by molar-refractivity contribution is 0.0696. The molecule has 0 bridgehead atoms. The first kappa shape index (κ1) is 13.1. The molecule has 1 aromatic carbocycles. The summed E-state index contributed by atoms with van der Waals surface area (Å²) >= 11 is 0. The zero-order valence-electron chi connectivity index (χ0n) is 9.91. The van der Waals surface area contributed by atoms with E-state index >= 15 is 0 Å². The van der Waals surface area contributed by atoms with Crippen molar-refractivity contribution in [2.24, 2.45) is 0 Å². The maximum atomic E-state index is 11.9. The van der Waals surface area contributed by atoms with Crippen LogP contribution in [0.25, 0.3) is 0 Å². The molecule has 1 aromatic heterocycles. The lowest BCUT2D eigenvalue weighted by Crippen LogP contribution is -2.14. The van der Waals surface area contributed by atoms with Crippen molar-refractivity contribution >= 4 is 21.7 Å². The van der Waals surface area contributed by atoms with Crippen LogP contribution in [0.5, 0.6) is 0 Å². The van der Waals surface area contributed by atoms with Crippen molar-refractivity contribution in [2.45, 2.75) is 11.9 Å². The summed E-state index contributed by atoms with van der Waals surface area (Å²) < 4.78 is 26.1. The van der Waals surface area contributed by atoms with Gasteiger partial charge in [0, 0.05) is 5.69 Å². The number of carbonyl (C=O) groups is 1. The van der Waals surface area contributed by atoms with Crippen LogP contribution in [-0.4, -0.2) is 29.7 Å². The Morgan fingerprint density at radius 2 is 2.11 bits per heavy atom. The summed E-state index contributed by atoms with van der Waals surface area (Å²) in [7, 11) is -3.74. The Balaban J connectivity index is 2.30. The third kappa shape index (κ3) is 2.74. The van der Waals surface area contributed by atoms with Gasteiger partial charge in [0.15, 0.2) is 5.03 Å². The quantitative estimate of drug-likeness (QED) is 0.780. The van der Waals surface area contributed by atoms with Crippen LogP contribution in [0, 0.1) is 6.92 Å². The van der Waals surface area contributed by atoms with Crippen LogP contribution >= 0.6 is 0 Å². The fourth-order valence-electron chi connectivity index (χ4n) is 1.57. The van der Waals surface area contributed by atoms with Gasteiger partial charge in [-0.05, 0) is 36.8 Å². The minimum Gasteiger partial charge on any atom is -0.478 e. The highest BCUT2D eigenvalue weighted by atomic mass is 32.2. The molecule has 100 valence electrons. The average Bonchev–Trinajstić information content (AvgIpc) is 2.81. The standard InChI is InChI=1S/C11H11N3O4S/c1-7-6-8(2-3-9(7)11(15)16)14-19(17,18)10-4-5-12-13-10/h2-6,14H,1H3,(H,12,13)(H,15,16). The number of carboxylic acid groups (broad SMARTS) is 1. The van der Waals surface area contributed by atoms with Crippen molar-refractivity contribution in [3.05, 3.63) is 41.6 Å². The highest BCUT2D eigenvalue weighted by molar-refractivity contribution is 7.92. The van der Waals surface area contributed by atoms with Crippen molar-refractivity contribution in [3.63, 3.8) is 0 Å². The van der Waals surface area contributed by atoms with E-state index < -0.39 is 16.0 Å². The van der Waals surface area contributed by atoms with Crippen LogP contribution < -0.4 is 4.72 Å². The molecule has 1 heterocycles. The number of sulfonamides is 1. The molecule has 0 fully saturated rings. The van der Waals surface area contributed by atoms with Gasteiger partial charge in [0.2, 0.25) is 0 Å². The molecule has 2 rings (SSSR count). The van der Waals surface area contributed by atoms with Gasteiger partial charge in [0.25, 0.3) is 10.0 Å². The van der Waals surface area contributed by atoms with Crippen molar-refractivity contribution in [1.82, 2.24) is 10.2 Å². The first-order valence-corrected chi connectivity index (χ1v) is 6.74. The van der Waals surface area contributed by atoms with E-state index in [9.17, 15) is 13.2 Å². The van der Waals surface area contributed by atoms with E-state index in [0.717, 1.165) is 0 Å². The SMILES string of the molecule is Cc1cc(NS(=O)(=O)c2ccn[nH]2)ccc1C(=O)O. The van der Waals surface area contributed by atoms with E-state index in [4.69, 9.17) is 5.11 Å². The Morgan fingerprint density at radius 1 is 1.37 bits per heavy atom. The van der Waals surface area contributed by atoms with Crippen LogP contribution in [0.15, 0.2) is 35.5 Å². The average molecular weight is 281 g/mol. The molecule has 8 heteroatoms. The molecule has 0 radical (unpaired) electrons. The summed E-state index contributed by atoms with van der Waals surface area (Å²) in [5.74, 6) is -1.06. The maximum absolute atomic E-state index is 11.9. The number of aromatic nitrogens is 2. The molecule has 0 saturated carbocycles. The predicted octanol–water partition coefficient (Wildman–Crippen LogP) is 1.22. The van der Waals surface area contributed by atoms with E-state index in [1.807, 2.05) is 0 Å². The summed E-state index contributed by atoms with van der Waals surface area (Å²) in [5.41, 5.74) is 0.888. The van der Waals surface area contributed by atoms with Crippen LogP contribution in [0.2, 0.25) is 0 Å². The number of rotatable bonds is 4. The second-order valence-electron chi connectivity index (χ2n) is 3.86. The van der Waals surface area contributed by atoms with Crippen LogP contribution in [0.1, 0.15) is 15.9 Å². The number of aromatic amines is 1. The number of nitrogens with one attached hydrogen (secondary N) is 2. The van der Waals surface area contributed by atoms with Gasteiger partial charge in [-0.3, -0.25) is 9.82 Å². The van der Waals surface area contributed by atoms with Gasteiger partial charge in [-0.25, -0.2) is 4.79 Å². The second-order valence-corrected chi connectivity index (χ2v) is 5.51. The van der Waals surface area contributed by atoms with Crippen LogP contribution in [0.3, 0.4) is 0 Å². The van der Waals surface area contributed by atoms with Crippen molar-refractivity contribution in [2.75, 3.05) is 4.72 Å². The summed E-state index contributed by atoms with van der Waals surface area (Å²) in [6, 6.07) is 5.52. The third-order valence-corrected chi connectivity index (χ3v) is 3.78. The summed E-state index contributed by atoms with van der Waals surface area (Å²) in [6.07, 6.45) is 1.33. The number of anilines is 1. The van der Waals surface area contributed by atoms with Crippen molar-refractivity contribution in [3.8, 4) is 0 Å². The highest BCUT2D eigenvalue weighted by Gasteiger charge is 2.16. The van der Waals surface area contributed by atoms with E-state index in [0.29, 0.717) is 5.56 Å². The van der Waals surface area contributed by atoms with E-state index in [-0.39, 0.29) is 16.3 Å². The molecule has 0 aliphatic rings. The van der Waals surface area contributed by atoms with Crippen LogP contribution in [-0.2, 0) is 10.0 Å². The van der Waals surface area contributed by atoms with Crippen molar-refractivity contribution in [1.29, 1.82) is 0 Å². The lowest BCUT2D eigenvalue weighted by Gasteiger charge is -2.08. The molecule has 0 atom stereocenters. The van der Waals surface area contributed by atoms with E-state index in [1.54, 1.807) is 6.92 Å². The molecule has 3 N–H and O–H groups in total. The van der Waals surface area contributed by atoms with Gasteiger partial charge in [0.05, 0.1) is 11.8 Å². The largest absolute Gasteiger partial charge is 0.478 e. The third-order valence-electron chi connectivity index (χ3n) is 2.47. The molecule has 19 heavy (non-hydrogen) atoms. The van der Waals surface area contributed by atoms with Gasteiger partial charge in [-0.15, -0.1) is 0 Å². The monoisotopic (exact) mass is 281 g/mol. The number of carboxylic acids is 1. The molecule has 0 aliphatic heterocycles. The number of H-pyrrole nitrogens is 1. The minimum atomic E-state index is -3.74. The number of hydrogen-bond acceptors (Lipinski definition) is 4. The fraction of sp³-hybridized carbons (Fsp3) is 0.0909. The normalized spacial score (nSPS) is 11.2. The predicted molar refractivity (Wildman–Crippen MR) is 67.5 cm³/mol. The Hall–Kier alpha value is -2.35. The Labute approximate surface area is 109 Å². The number of nitrogens with zero attached hydrogens (tertiary/aromatic N) is 1. The molecule has 0 unspecified atom stereocenters. The summed E-state index contributed by atoms with van der Waals surface area (Å²) in [5, 5.41) is 14.7. The van der Waals surface area contributed by atoms with E-state index in [2.05, 4.69) is 14.9 Å². The number of benzene rings is 1. The number of aryl methyl sites for hydroxylation is 1. The Morgan fingerprint density at radius 3 is 2.63 bits per heavy atom. The molecule has 7 nitrogen and oxygen atoms in total.